The maximum absolute atomic E-state index is 12.0. The highest BCUT2D eigenvalue weighted by Gasteiger charge is 2.15. The van der Waals surface area contributed by atoms with Crippen molar-refractivity contribution in [2.24, 2.45) is 5.10 Å². The van der Waals surface area contributed by atoms with Crippen LogP contribution in [0.15, 0.2) is 46.0 Å². The molecule has 0 bridgehead atoms. The van der Waals surface area contributed by atoms with E-state index in [1.165, 1.54) is 13.3 Å². The maximum atomic E-state index is 12.0. The van der Waals surface area contributed by atoms with Crippen molar-refractivity contribution < 1.29 is 14.3 Å². The van der Waals surface area contributed by atoms with Crippen molar-refractivity contribution in [2.45, 2.75) is 13.8 Å². The van der Waals surface area contributed by atoms with Gasteiger partial charge in [-0.15, -0.1) is 0 Å². The molecule has 0 aliphatic carbocycles. The van der Waals surface area contributed by atoms with E-state index in [2.05, 4.69) is 31.8 Å². The number of methoxy groups -OCH3 is 1. The molecule has 25 heavy (non-hydrogen) atoms. The molecule has 0 saturated heterocycles. The number of ether oxygens (including phenoxy) is 1. The van der Waals surface area contributed by atoms with Gasteiger partial charge >= 0.3 is 11.8 Å². The Morgan fingerprint density at radius 2 is 1.80 bits per heavy atom. The molecular formula is C18H18BrN3O3. The minimum absolute atomic E-state index is 0.598. The first-order valence-corrected chi connectivity index (χ1v) is 8.26. The van der Waals surface area contributed by atoms with Crippen LogP contribution in [0, 0.1) is 13.8 Å². The van der Waals surface area contributed by atoms with Crippen LogP contribution in [0.25, 0.3) is 0 Å². The molecule has 0 saturated carbocycles. The molecule has 7 heteroatoms. The summed E-state index contributed by atoms with van der Waals surface area (Å²) in [5.41, 5.74) is 5.25. The van der Waals surface area contributed by atoms with Crippen molar-refractivity contribution in [3.05, 3.63) is 57.6 Å². The molecule has 130 valence electrons. The molecule has 2 aromatic rings. The number of nitrogens with one attached hydrogen (secondary N) is 2. The molecule has 0 aliphatic heterocycles. The van der Waals surface area contributed by atoms with Gasteiger partial charge in [0.05, 0.1) is 13.3 Å². The molecule has 2 N–H and O–H groups in total. The normalized spacial score (nSPS) is 10.6. The highest BCUT2D eigenvalue weighted by atomic mass is 79.9. The average Bonchev–Trinajstić information content (AvgIpc) is 2.58. The van der Waals surface area contributed by atoms with Crippen LogP contribution in [-0.4, -0.2) is 25.1 Å². The van der Waals surface area contributed by atoms with Gasteiger partial charge in [-0.05, 0) is 43.2 Å². The van der Waals surface area contributed by atoms with Crippen LogP contribution in [0.1, 0.15) is 16.7 Å². The molecule has 0 fully saturated rings. The highest BCUT2D eigenvalue weighted by Crippen LogP contribution is 2.21. The molecule has 0 spiro atoms. The van der Waals surface area contributed by atoms with Gasteiger partial charge in [0.2, 0.25) is 0 Å². The number of carbonyl (C=O) groups is 2. The average molecular weight is 404 g/mol. The number of hydrogen-bond donors (Lipinski definition) is 2. The van der Waals surface area contributed by atoms with E-state index in [-0.39, 0.29) is 0 Å². The lowest BCUT2D eigenvalue weighted by atomic mass is 10.1. The van der Waals surface area contributed by atoms with Crippen molar-refractivity contribution in [1.82, 2.24) is 5.43 Å². The first kappa shape index (κ1) is 18.7. The molecule has 0 aliphatic rings. The predicted octanol–water partition coefficient (Wildman–Crippen LogP) is 3.16. The van der Waals surface area contributed by atoms with Gasteiger partial charge < -0.3 is 10.1 Å². The number of amides is 2. The molecule has 0 atom stereocenters. The molecule has 2 rings (SSSR count). The monoisotopic (exact) mass is 403 g/mol. The van der Waals surface area contributed by atoms with Gasteiger partial charge in [-0.1, -0.05) is 34.1 Å². The standard InChI is InChI=1S/C18H18BrN3O3/c1-11-5-4-6-12(2)16(11)21-17(23)18(24)22-20-10-13-9-14(19)7-8-15(13)25-3/h4-10H,1-3H3,(H,21,23)(H,22,24)/b20-10-. The van der Waals surface area contributed by atoms with Crippen LogP contribution in [0.4, 0.5) is 5.69 Å². The lowest BCUT2D eigenvalue weighted by molar-refractivity contribution is -0.136. The summed E-state index contributed by atoms with van der Waals surface area (Å²) in [6, 6.07) is 11.0. The van der Waals surface area contributed by atoms with E-state index in [4.69, 9.17) is 4.74 Å². The van der Waals surface area contributed by atoms with Crippen molar-refractivity contribution >= 4 is 39.6 Å². The third kappa shape index (κ3) is 4.90. The molecule has 2 amide bonds. The number of para-hydroxylation sites is 1. The number of hydrazone groups is 1. The summed E-state index contributed by atoms with van der Waals surface area (Å²) in [6.45, 7) is 3.72. The molecule has 0 aromatic heterocycles. The fourth-order valence-electron chi connectivity index (χ4n) is 2.20. The summed E-state index contributed by atoms with van der Waals surface area (Å²) in [6.07, 6.45) is 1.41. The molecule has 0 unspecified atom stereocenters. The zero-order valence-electron chi connectivity index (χ0n) is 14.1. The van der Waals surface area contributed by atoms with E-state index in [0.717, 1.165) is 15.6 Å². The Morgan fingerprint density at radius 1 is 1.12 bits per heavy atom. The van der Waals surface area contributed by atoms with Crippen LogP contribution in [0.2, 0.25) is 0 Å². The Hall–Kier alpha value is -2.67. The maximum Gasteiger partial charge on any atom is 0.329 e. The summed E-state index contributed by atoms with van der Waals surface area (Å²) >= 11 is 3.35. The third-order valence-corrected chi connectivity index (χ3v) is 3.98. The Balaban J connectivity index is 2.03. The van der Waals surface area contributed by atoms with E-state index in [9.17, 15) is 9.59 Å². The molecule has 0 radical (unpaired) electrons. The van der Waals surface area contributed by atoms with Crippen molar-refractivity contribution in [2.75, 3.05) is 12.4 Å². The second kappa shape index (κ2) is 8.43. The van der Waals surface area contributed by atoms with Crippen LogP contribution in [-0.2, 0) is 9.59 Å². The van der Waals surface area contributed by atoms with Crippen molar-refractivity contribution in [3.8, 4) is 5.75 Å². The quantitative estimate of drug-likeness (QED) is 0.467. The van der Waals surface area contributed by atoms with Crippen LogP contribution in [0.3, 0.4) is 0 Å². The van der Waals surface area contributed by atoms with E-state index < -0.39 is 11.8 Å². The highest BCUT2D eigenvalue weighted by molar-refractivity contribution is 9.10. The van der Waals surface area contributed by atoms with Crippen LogP contribution in [0.5, 0.6) is 5.75 Å². The first-order chi connectivity index (χ1) is 11.9. The summed E-state index contributed by atoms with van der Waals surface area (Å²) in [5, 5.41) is 6.41. The fourth-order valence-corrected chi connectivity index (χ4v) is 2.58. The molecule has 2 aromatic carbocycles. The zero-order chi connectivity index (χ0) is 18.4. The molecule has 6 nitrogen and oxygen atoms in total. The fraction of sp³-hybridized carbons (Fsp3) is 0.167. The zero-order valence-corrected chi connectivity index (χ0v) is 15.7. The first-order valence-electron chi connectivity index (χ1n) is 7.46. The van der Waals surface area contributed by atoms with Gasteiger partial charge in [0.15, 0.2) is 0 Å². The number of nitrogens with zero attached hydrogens (tertiary/aromatic N) is 1. The smallest absolute Gasteiger partial charge is 0.329 e. The third-order valence-electron chi connectivity index (χ3n) is 3.49. The Labute approximate surface area is 154 Å². The molecular weight excluding hydrogens is 386 g/mol. The number of benzene rings is 2. The number of aryl methyl sites for hydroxylation is 2. The van der Waals surface area contributed by atoms with Gasteiger partial charge in [-0.3, -0.25) is 9.59 Å². The predicted molar refractivity (Wildman–Crippen MR) is 101 cm³/mol. The van der Waals surface area contributed by atoms with Gasteiger partial charge in [0.1, 0.15) is 5.75 Å². The lowest BCUT2D eigenvalue weighted by Crippen LogP contribution is -2.32. The van der Waals surface area contributed by atoms with Crippen molar-refractivity contribution in [1.29, 1.82) is 0 Å². The summed E-state index contributed by atoms with van der Waals surface area (Å²) in [7, 11) is 1.54. The number of rotatable bonds is 4. The van der Waals surface area contributed by atoms with E-state index in [1.54, 1.807) is 12.1 Å². The van der Waals surface area contributed by atoms with E-state index >= 15 is 0 Å². The topological polar surface area (TPSA) is 79.8 Å². The Bertz CT molecular complexity index is 814. The van der Waals surface area contributed by atoms with Gasteiger partial charge in [0, 0.05) is 15.7 Å². The van der Waals surface area contributed by atoms with E-state index in [0.29, 0.717) is 17.0 Å². The number of carbonyl (C=O) groups excluding carboxylic acids is 2. The van der Waals surface area contributed by atoms with Gasteiger partial charge in [0.25, 0.3) is 0 Å². The van der Waals surface area contributed by atoms with Gasteiger partial charge in [-0.25, -0.2) is 5.43 Å². The summed E-state index contributed by atoms with van der Waals surface area (Å²) in [4.78, 5) is 23.9. The van der Waals surface area contributed by atoms with E-state index in [1.807, 2.05) is 38.1 Å². The summed E-state index contributed by atoms with van der Waals surface area (Å²) < 4.78 is 6.05. The number of hydrogen-bond acceptors (Lipinski definition) is 4. The molecule has 0 heterocycles. The second-order valence-corrected chi connectivity index (χ2v) is 6.22. The van der Waals surface area contributed by atoms with Crippen molar-refractivity contribution in [3.63, 3.8) is 0 Å². The SMILES string of the molecule is COc1ccc(Br)cc1/C=N\NC(=O)C(=O)Nc1c(C)cccc1C. The van der Waals surface area contributed by atoms with Gasteiger partial charge in [-0.2, -0.15) is 5.10 Å². The number of halogens is 1. The lowest BCUT2D eigenvalue weighted by Gasteiger charge is -2.10. The number of anilines is 1. The van der Waals surface area contributed by atoms with Crippen LogP contribution < -0.4 is 15.5 Å². The second-order valence-electron chi connectivity index (χ2n) is 5.31. The minimum Gasteiger partial charge on any atom is -0.496 e. The largest absolute Gasteiger partial charge is 0.496 e. The Morgan fingerprint density at radius 3 is 2.44 bits per heavy atom. The Kier molecular flexibility index (Phi) is 6.30. The van der Waals surface area contributed by atoms with Crippen LogP contribution >= 0.6 is 15.9 Å². The summed E-state index contributed by atoms with van der Waals surface area (Å²) in [5.74, 6) is -1.04. The minimum atomic E-state index is -0.854.